The summed E-state index contributed by atoms with van der Waals surface area (Å²) in [5, 5.41) is 3.57. The monoisotopic (exact) mass is 361 g/mol. The van der Waals surface area contributed by atoms with Crippen molar-refractivity contribution in [1.29, 1.82) is 0 Å². The molecule has 0 amide bonds. The van der Waals surface area contributed by atoms with Gasteiger partial charge in [0.2, 0.25) is 5.88 Å². The van der Waals surface area contributed by atoms with E-state index in [0.29, 0.717) is 11.8 Å². The van der Waals surface area contributed by atoms with Crippen LogP contribution in [0.15, 0.2) is 73.2 Å². The molecule has 5 nitrogen and oxygen atoms in total. The molecule has 1 N–H and O–H groups in total. The molecule has 5 heteroatoms. The highest BCUT2D eigenvalue weighted by molar-refractivity contribution is 5.29. The Labute approximate surface area is 159 Å². The molecular formula is C22H23N3O2. The molecule has 1 aromatic heterocycles. The number of nitrogens with one attached hydrogen (secondary N) is 1. The first kappa shape index (κ1) is 17.6. The van der Waals surface area contributed by atoms with E-state index in [2.05, 4.69) is 51.7 Å². The molecule has 0 unspecified atom stereocenters. The first-order valence-corrected chi connectivity index (χ1v) is 9.28. The lowest BCUT2D eigenvalue weighted by atomic mass is 9.95. The normalized spacial score (nSPS) is 19.1. The van der Waals surface area contributed by atoms with Gasteiger partial charge in [-0.25, -0.2) is 4.98 Å². The van der Waals surface area contributed by atoms with Gasteiger partial charge in [-0.15, -0.1) is 0 Å². The Hall–Kier alpha value is -2.76. The molecule has 0 saturated carbocycles. The summed E-state index contributed by atoms with van der Waals surface area (Å²) in [5.41, 5.74) is 2.49. The van der Waals surface area contributed by atoms with Crippen LogP contribution < -0.4 is 10.1 Å². The predicted molar refractivity (Wildman–Crippen MR) is 103 cm³/mol. The van der Waals surface area contributed by atoms with Crippen LogP contribution in [0.3, 0.4) is 0 Å². The molecule has 0 spiro atoms. The van der Waals surface area contributed by atoms with E-state index < -0.39 is 0 Å². The summed E-state index contributed by atoms with van der Waals surface area (Å²) in [6, 6.07) is 18.5. The predicted octanol–water partition coefficient (Wildman–Crippen LogP) is 4.14. The van der Waals surface area contributed by atoms with E-state index in [9.17, 15) is 0 Å². The summed E-state index contributed by atoms with van der Waals surface area (Å²) in [4.78, 5) is 8.11. The summed E-state index contributed by atoms with van der Waals surface area (Å²) in [6.07, 6.45) is 6.13. The highest BCUT2D eigenvalue weighted by atomic mass is 16.5. The summed E-state index contributed by atoms with van der Waals surface area (Å²) in [5.74, 6) is 1.76. The minimum Gasteiger partial charge on any atom is -0.438 e. The molecule has 2 heterocycles. The van der Waals surface area contributed by atoms with E-state index in [1.807, 2.05) is 18.2 Å². The Kier molecular flexibility index (Phi) is 5.72. The summed E-state index contributed by atoms with van der Waals surface area (Å²) in [7, 11) is 0. The average Bonchev–Trinajstić information content (AvgIpc) is 3.19. The van der Waals surface area contributed by atoms with Gasteiger partial charge in [0, 0.05) is 38.0 Å². The van der Waals surface area contributed by atoms with Crippen molar-refractivity contribution in [3.05, 3.63) is 84.3 Å². The van der Waals surface area contributed by atoms with Crippen LogP contribution in [0.4, 0.5) is 0 Å². The van der Waals surface area contributed by atoms with Gasteiger partial charge in [0.1, 0.15) is 5.75 Å². The Bertz CT molecular complexity index is 825. The Balaban J connectivity index is 1.28. The molecular weight excluding hydrogens is 338 g/mol. The molecule has 138 valence electrons. The molecule has 1 aliphatic rings. The fourth-order valence-corrected chi connectivity index (χ4v) is 3.39. The van der Waals surface area contributed by atoms with Gasteiger partial charge in [-0.2, -0.15) is 0 Å². The minimum absolute atomic E-state index is 0.196. The molecule has 0 radical (unpaired) electrons. The molecule has 0 bridgehead atoms. The number of benzene rings is 2. The molecule has 2 atom stereocenters. The van der Waals surface area contributed by atoms with Crippen molar-refractivity contribution in [2.75, 3.05) is 13.2 Å². The number of ether oxygens (including phenoxy) is 2. The minimum atomic E-state index is 0.196. The molecule has 1 fully saturated rings. The zero-order chi connectivity index (χ0) is 18.3. The smallest absolute Gasteiger partial charge is 0.237 e. The van der Waals surface area contributed by atoms with E-state index in [1.165, 1.54) is 11.1 Å². The quantitative estimate of drug-likeness (QED) is 0.685. The fourth-order valence-electron chi connectivity index (χ4n) is 3.39. The van der Waals surface area contributed by atoms with Crippen molar-refractivity contribution in [3.8, 4) is 11.6 Å². The molecule has 1 saturated heterocycles. The van der Waals surface area contributed by atoms with E-state index in [1.54, 1.807) is 18.6 Å². The molecule has 27 heavy (non-hydrogen) atoms. The highest BCUT2D eigenvalue weighted by Gasteiger charge is 2.28. The van der Waals surface area contributed by atoms with Crippen molar-refractivity contribution < 1.29 is 9.47 Å². The highest BCUT2D eigenvalue weighted by Crippen LogP contribution is 2.33. The standard InChI is InChI=1S/C22H23N3O2/c1-2-4-18(5-3-1)22-19(10-13-26-22)15-24-14-17-6-8-20(9-7-17)27-21-16-23-11-12-25-21/h1-9,11-12,16,19,22,24H,10,13-15H2/t19-,22-/m1/s1. The lowest BCUT2D eigenvalue weighted by molar-refractivity contribution is 0.0904. The third-order valence-electron chi connectivity index (χ3n) is 4.76. The SMILES string of the molecule is c1ccc([C@H]2OCC[C@@H]2CNCc2ccc(Oc3cnccn3)cc2)cc1. The van der Waals surface area contributed by atoms with Crippen LogP contribution in [0.2, 0.25) is 0 Å². The van der Waals surface area contributed by atoms with Gasteiger partial charge in [0.15, 0.2) is 0 Å². The Morgan fingerprint density at radius 1 is 1.04 bits per heavy atom. The van der Waals surface area contributed by atoms with Crippen LogP contribution >= 0.6 is 0 Å². The van der Waals surface area contributed by atoms with Crippen LogP contribution in [0.1, 0.15) is 23.7 Å². The molecule has 4 rings (SSSR count). The van der Waals surface area contributed by atoms with Crippen molar-refractivity contribution in [2.24, 2.45) is 5.92 Å². The van der Waals surface area contributed by atoms with Gasteiger partial charge in [0.25, 0.3) is 0 Å². The first-order valence-electron chi connectivity index (χ1n) is 9.28. The second-order valence-electron chi connectivity index (χ2n) is 6.67. The van der Waals surface area contributed by atoms with Crippen molar-refractivity contribution in [3.63, 3.8) is 0 Å². The van der Waals surface area contributed by atoms with Gasteiger partial charge in [0.05, 0.1) is 12.3 Å². The van der Waals surface area contributed by atoms with Crippen LogP contribution in [0.25, 0.3) is 0 Å². The van der Waals surface area contributed by atoms with Crippen LogP contribution in [0, 0.1) is 5.92 Å². The molecule has 3 aromatic rings. The lowest BCUT2D eigenvalue weighted by Gasteiger charge is -2.19. The summed E-state index contributed by atoms with van der Waals surface area (Å²) < 4.78 is 11.6. The second kappa shape index (κ2) is 8.75. The fraction of sp³-hybridized carbons (Fsp3) is 0.273. The Morgan fingerprint density at radius 3 is 2.67 bits per heavy atom. The molecule has 1 aliphatic heterocycles. The van der Waals surface area contributed by atoms with E-state index in [0.717, 1.165) is 31.9 Å². The van der Waals surface area contributed by atoms with Crippen LogP contribution in [-0.4, -0.2) is 23.1 Å². The van der Waals surface area contributed by atoms with Gasteiger partial charge >= 0.3 is 0 Å². The topological polar surface area (TPSA) is 56.3 Å². The summed E-state index contributed by atoms with van der Waals surface area (Å²) >= 11 is 0. The largest absolute Gasteiger partial charge is 0.438 e. The summed E-state index contributed by atoms with van der Waals surface area (Å²) in [6.45, 7) is 2.60. The third-order valence-corrected chi connectivity index (χ3v) is 4.76. The van der Waals surface area contributed by atoms with E-state index in [-0.39, 0.29) is 6.10 Å². The van der Waals surface area contributed by atoms with E-state index >= 15 is 0 Å². The first-order chi connectivity index (χ1) is 13.4. The van der Waals surface area contributed by atoms with Crippen molar-refractivity contribution in [2.45, 2.75) is 19.1 Å². The maximum atomic E-state index is 5.96. The molecule has 2 aromatic carbocycles. The average molecular weight is 361 g/mol. The zero-order valence-corrected chi connectivity index (χ0v) is 15.1. The number of aromatic nitrogens is 2. The number of hydrogen-bond donors (Lipinski definition) is 1. The van der Waals surface area contributed by atoms with Gasteiger partial charge < -0.3 is 14.8 Å². The van der Waals surface area contributed by atoms with Gasteiger partial charge in [-0.05, 0) is 29.7 Å². The van der Waals surface area contributed by atoms with Crippen molar-refractivity contribution >= 4 is 0 Å². The third kappa shape index (κ3) is 4.70. The van der Waals surface area contributed by atoms with Crippen LogP contribution in [-0.2, 0) is 11.3 Å². The lowest BCUT2D eigenvalue weighted by Crippen LogP contribution is -2.24. The zero-order valence-electron chi connectivity index (χ0n) is 15.1. The maximum Gasteiger partial charge on any atom is 0.237 e. The van der Waals surface area contributed by atoms with Crippen LogP contribution in [0.5, 0.6) is 11.6 Å². The van der Waals surface area contributed by atoms with Gasteiger partial charge in [-0.1, -0.05) is 42.5 Å². The van der Waals surface area contributed by atoms with E-state index in [4.69, 9.17) is 9.47 Å². The Morgan fingerprint density at radius 2 is 1.89 bits per heavy atom. The second-order valence-corrected chi connectivity index (χ2v) is 6.67. The molecule has 0 aliphatic carbocycles. The number of rotatable bonds is 7. The number of hydrogen-bond acceptors (Lipinski definition) is 5. The van der Waals surface area contributed by atoms with Crippen molar-refractivity contribution in [1.82, 2.24) is 15.3 Å². The maximum absolute atomic E-state index is 5.96. The number of nitrogens with zero attached hydrogens (tertiary/aromatic N) is 2. The van der Waals surface area contributed by atoms with Gasteiger partial charge in [-0.3, -0.25) is 4.98 Å².